The second-order valence-corrected chi connectivity index (χ2v) is 5.34. The van der Waals surface area contributed by atoms with Crippen LogP contribution in [0.5, 0.6) is 0 Å². The van der Waals surface area contributed by atoms with Gasteiger partial charge < -0.3 is 5.32 Å². The van der Waals surface area contributed by atoms with Crippen molar-refractivity contribution in [3.8, 4) is 0 Å². The lowest BCUT2D eigenvalue weighted by molar-refractivity contribution is -0.384. The van der Waals surface area contributed by atoms with Crippen LogP contribution in [-0.4, -0.2) is 11.0 Å². The second-order valence-electron chi connectivity index (χ2n) is 5.34. The molecule has 0 amide bonds. The van der Waals surface area contributed by atoms with Crippen LogP contribution in [0, 0.1) is 23.0 Å². The summed E-state index contributed by atoms with van der Waals surface area (Å²) in [6.07, 6.45) is 4.69. The number of benzene rings is 1. The van der Waals surface area contributed by atoms with E-state index in [4.69, 9.17) is 0 Å². The molecule has 1 aromatic rings. The summed E-state index contributed by atoms with van der Waals surface area (Å²) in [5, 5.41) is 14.4. The van der Waals surface area contributed by atoms with Gasteiger partial charge in [-0.3, -0.25) is 10.1 Å². The molecule has 0 heterocycles. The highest BCUT2D eigenvalue weighted by Gasteiger charge is 2.22. The molecule has 0 saturated heterocycles. The zero-order valence-corrected chi connectivity index (χ0v) is 11.0. The number of hydrogen-bond donors (Lipinski definition) is 1. The van der Waals surface area contributed by atoms with Gasteiger partial charge >= 0.3 is 0 Å². The Labute approximate surface area is 108 Å². The van der Waals surface area contributed by atoms with Crippen LogP contribution in [0.4, 0.5) is 11.4 Å². The van der Waals surface area contributed by atoms with Crippen LogP contribution in [0.25, 0.3) is 0 Å². The van der Waals surface area contributed by atoms with Crippen molar-refractivity contribution in [3.05, 3.63) is 33.9 Å². The molecular formula is C14H20N2O2. The van der Waals surface area contributed by atoms with E-state index in [0.717, 1.165) is 18.4 Å². The highest BCUT2D eigenvalue weighted by molar-refractivity contribution is 5.66. The molecule has 0 aliphatic heterocycles. The smallest absolute Gasteiger partial charge is 0.292 e. The average Bonchev–Trinajstić information content (AvgIpc) is 2.31. The number of para-hydroxylation sites is 1. The maximum Gasteiger partial charge on any atom is 0.292 e. The van der Waals surface area contributed by atoms with Crippen LogP contribution in [0.15, 0.2) is 18.2 Å². The monoisotopic (exact) mass is 248 g/mol. The molecule has 0 aromatic heterocycles. The summed E-state index contributed by atoms with van der Waals surface area (Å²) in [6, 6.07) is 5.60. The summed E-state index contributed by atoms with van der Waals surface area (Å²) in [5.74, 6) is 0.708. The maximum absolute atomic E-state index is 11.0. The Morgan fingerprint density at radius 1 is 1.39 bits per heavy atom. The topological polar surface area (TPSA) is 55.2 Å². The molecule has 1 fully saturated rings. The van der Waals surface area contributed by atoms with Crippen molar-refractivity contribution in [1.29, 1.82) is 0 Å². The van der Waals surface area contributed by atoms with Gasteiger partial charge in [-0.1, -0.05) is 31.9 Å². The predicted molar refractivity (Wildman–Crippen MR) is 72.9 cm³/mol. The molecule has 1 aliphatic rings. The van der Waals surface area contributed by atoms with Crippen molar-refractivity contribution in [3.63, 3.8) is 0 Å². The maximum atomic E-state index is 11.0. The highest BCUT2D eigenvalue weighted by Crippen LogP contribution is 2.32. The van der Waals surface area contributed by atoms with E-state index in [1.165, 1.54) is 12.8 Å². The number of nitro benzene ring substituents is 1. The first-order valence-corrected chi connectivity index (χ1v) is 6.58. The predicted octanol–water partition coefficient (Wildman–Crippen LogP) is 3.89. The first-order chi connectivity index (χ1) is 8.58. The largest absolute Gasteiger partial charge is 0.377 e. The average molecular weight is 248 g/mol. The standard InChI is InChI=1S/C14H20N2O2/c1-10-5-3-7-12(9-10)15-14-11(2)6-4-8-13(14)16(17)18/h4,6,8,10,12,15H,3,5,7,9H2,1-2H3. The Bertz CT molecular complexity index is 445. The minimum absolute atomic E-state index is 0.188. The lowest BCUT2D eigenvalue weighted by atomic mass is 9.87. The number of nitrogens with zero attached hydrogens (tertiary/aromatic N) is 1. The van der Waals surface area contributed by atoms with E-state index in [-0.39, 0.29) is 10.6 Å². The Morgan fingerprint density at radius 2 is 2.17 bits per heavy atom. The van der Waals surface area contributed by atoms with Gasteiger partial charge in [-0.25, -0.2) is 0 Å². The molecule has 0 spiro atoms. The molecule has 4 nitrogen and oxygen atoms in total. The number of nitrogens with one attached hydrogen (secondary N) is 1. The number of anilines is 1. The number of aryl methyl sites for hydroxylation is 1. The van der Waals surface area contributed by atoms with E-state index in [9.17, 15) is 10.1 Å². The van der Waals surface area contributed by atoms with Gasteiger partial charge in [-0.15, -0.1) is 0 Å². The van der Waals surface area contributed by atoms with Crippen LogP contribution < -0.4 is 5.32 Å². The van der Waals surface area contributed by atoms with Crippen LogP contribution in [0.1, 0.15) is 38.2 Å². The lowest BCUT2D eigenvalue weighted by Gasteiger charge is -2.28. The summed E-state index contributed by atoms with van der Waals surface area (Å²) >= 11 is 0. The normalized spacial score (nSPS) is 23.7. The molecule has 4 heteroatoms. The Morgan fingerprint density at radius 3 is 2.83 bits per heavy atom. The second kappa shape index (κ2) is 5.38. The molecule has 98 valence electrons. The fourth-order valence-corrected chi connectivity index (χ4v) is 2.76. The molecule has 0 bridgehead atoms. The summed E-state index contributed by atoms with van der Waals surface area (Å²) in [4.78, 5) is 10.7. The Balaban J connectivity index is 2.20. The number of nitro groups is 1. The third kappa shape index (κ3) is 2.81. The number of hydrogen-bond acceptors (Lipinski definition) is 3. The highest BCUT2D eigenvalue weighted by atomic mass is 16.6. The van der Waals surface area contributed by atoms with E-state index in [1.807, 2.05) is 13.0 Å². The van der Waals surface area contributed by atoms with Crippen molar-refractivity contribution in [2.75, 3.05) is 5.32 Å². The van der Waals surface area contributed by atoms with E-state index in [2.05, 4.69) is 12.2 Å². The minimum Gasteiger partial charge on any atom is -0.377 e. The lowest BCUT2D eigenvalue weighted by Crippen LogP contribution is -2.26. The first kappa shape index (κ1) is 12.9. The first-order valence-electron chi connectivity index (χ1n) is 6.58. The SMILES string of the molecule is Cc1cccc([N+](=O)[O-])c1NC1CCCC(C)C1. The number of rotatable bonds is 3. The quantitative estimate of drug-likeness (QED) is 0.652. The van der Waals surface area contributed by atoms with Gasteiger partial charge in [0.2, 0.25) is 0 Å². The molecule has 1 aliphatic carbocycles. The molecule has 1 N–H and O–H groups in total. The minimum atomic E-state index is -0.304. The van der Waals surface area contributed by atoms with E-state index < -0.39 is 0 Å². The molecule has 1 aromatic carbocycles. The Hall–Kier alpha value is -1.58. The van der Waals surface area contributed by atoms with Crippen LogP contribution in [0.2, 0.25) is 0 Å². The van der Waals surface area contributed by atoms with Gasteiger partial charge in [0.25, 0.3) is 5.69 Å². The summed E-state index contributed by atoms with van der Waals surface area (Å²) < 4.78 is 0. The fourth-order valence-electron chi connectivity index (χ4n) is 2.76. The molecule has 2 atom stereocenters. The summed E-state index contributed by atoms with van der Waals surface area (Å²) in [7, 11) is 0. The van der Waals surface area contributed by atoms with Gasteiger partial charge in [0.1, 0.15) is 5.69 Å². The third-order valence-corrected chi connectivity index (χ3v) is 3.73. The fraction of sp³-hybridized carbons (Fsp3) is 0.571. The molecule has 0 radical (unpaired) electrons. The van der Waals surface area contributed by atoms with Crippen LogP contribution >= 0.6 is 0 Å². The van der Waals surface area contributed by atoms with Crippen LogP contribution in [0.3, 0.4) is 0 Å². The van der Waals surface area contributed by atoms with Gasteiger partial charge in [0.15, 0.2) is 0 Å². The van der Waals surface area contributed by atoms with E-state index >= 15 is 0 Å². The van der Waals surface area contributed by atoms with Crippen LogP contribution in [-0.2, 0) is 0 Å². The van der Waals surface area contributed by atoms with Crippen molar-refractivity contribution in [2.45, 2.75) is 45.6 Å². The van der Waals surface area contributed by atoms with Gasteiger partial charge in [-0.2, -0.15) is 0 Å². The van der Waals surface area contributed by atoms with Gasteiger partial charge in [0.05, 0.1) is 4.92 Å². The molecule has 1 saturated carbocycles. The summed E-state index contributed by atoms with van der Waals surface area (Å²) in [6.45, 7) is 4.17. The zero-order valence-electron chi connectivity index (χ0n) is 11.0. The van der Waals surface area contributed by atoms with Crippen molar-refractivity contribution < 1.29 is 4.92 Å². The van der Waals surface area contributed by atoms with Gasteiger partial charge in [0, 0.05) is 12.1 Å². The van der Waals surface area contributed by atoms with Gasteiger partial charge in [-0.05, 0) is 31.2 Å². The van der Waals surface area contributed by atoms with Crippen molar-refractivity contribution in [1.82, 2.24) is 0 Å². The Kier molecular flexibility index (Phi) is 3.84. The van der Waals surface area contributed by atoms with Crippen molar-refractivity contribution >= 4 is 11.4 Å². The molecule has 2 rings (SSSR count). The molecular weight excluding hydrogens is 228 g/mol. The zero-order chi connectivity index (χ0) is 13.1. The van der Waals surface area contributed by atoms with E-state index in [1.54, 1.807) is 12.1 Å². The molecule has 2 unspecified atom stereocenters. The molecule has 18 heavy (non-hydrogen) atoms. The van der Waals surface area contributed by atoms with E-state index in [0.29, 0.717) is 17.6 Å². The third-order valence-electron chi connectivity index (χ3n) is 3.73. The summed E-state index contributed by atoms with van der Waals surface area (Å²) in [5.41, 5.74) is 1.83. The van der Waals surface area contributed by atoms with Crippen molar-refractivity contribution in [2.24, 2.45) is 5.92 Å².